The van der Waals surface area contributed by atoms with Crippen LogP contribution in [-0.2, 0) is 11.2 Å². The van der Waals surface area contributed by atoms with Gasteiger partial charge in [0.2, 0.25) is 5.88 Å². The fourth-order valence-corrected chi connectivity index (χ4v) is 3.73. The quantitative estimate of drug-likeness (QED) is 0.583. The first-order valence-corrected chi connectivity index (χ1v) is 9.60. The molecular formula is C18H15FN2O3S2. The number of thiazole rings is 1. The van der Waals surface area contributed by atoms with Gasteiger partial charge in [0.05, 0.1) is 18.1 Å². The molecule has 26 heavy (non-hydrogen) atoms. The lowest BCUT2D eigenvalue weighted by atomic mass is 10.1. The number of thioether (sulfide) groups is 1. The Bertz CT molecular complexity index is 867. The minimum absolute atomic E-state index is 0.00772. The van der Waals surface area contributed by atoms with Crippen LogP contribution in [0.5, 0.6) is 5.88 Å². The molecule has 3 rings (SSSR count). The van der Waals surface area contributed by atoms with E-state index < -0.39 is 5.97 Å². The molecule has 0 saturated carbocycles. The van der Waals surface area contributed by atoms with Crippen LogP contribution < -0.4 is 4.74 Å². The van der Waals surface area contributed by atoms with E-state index in [9.17, 15) is 9.18 Å². The van der Waals surface area contributed by atoms with Crippen LogP contribution >= 0.6 is 23.1 Å². The average Bonchev–Trinajstić information content (AvgIpc) is 3.09. The maximum atomic E-state index is 13.0. The Morgan fingerprint density at radius 3 is 2.65 bits per heavy atom. The molecule has 0 aliphatic heterocycles. The minimum Gasteiger partial charge on any atom is -0.481 e. The van der Waals surface area contributed by atoms with Gasteiger partial charge in [-0.3, -0.25) is 4.79 Å². The molecule has 3 aromatic rings. The lowest BCUT2D eigenvalue weighted by Gasteiger charge is -2.06. The molecule has 0 aliphatic carbocycles. The Morgan fingerprint density at radius 2 is 1.96 bits per heavy atom. The van der Waals surface area contributed by atoms with Gasteiger partial charge in [0.15, 0.2) is 4.34 Å². The van der Waals surface area contributed by atoms with E-state index in [-0.39, 0.29) is 11.6 Å². The Morgan fingerprint density at radius 1 is 1.19 bits per heavy atom. The second-order valence-corrected chi connectivity index (χ2v) is 7.36. The molecule has 0 saturated heterocycles. The first-order valence-electron chi connectivity index (χ1n) is 7.74. The standard InChI is InChI=1S/C18H15FN2O3S2/c19-14-4-1-12(2-5-14)13-3-6-16(20-9-13)24-8-7-15-10-25-18(21-15)26-11-17(22)23/h1-6,9-10H,7-8,11H2,(H,22,23). The highest BCUT2D eigenvalue weighted by atomic mass is 32.2. The zero-order valence-electron chi connectivity index (χ0n) is 13.6. The highest BCUT2D eigenvalue weighted by Gasteiger charge is 2.06. The number of carboxylic acid groups (broad SMARTS) is 1. The summed E-state index contributed by atoms with van der Waals surface area (Å²) < 4.78 is 19.3. The molecule has 0 amide bonds. The number of rotatable bonds is 8. The number of benzene rings is 1. The molecule has 0 spiro atoms. The van der Waals surface area contributed by atoms with E-state index in [0.29, 0.717) is 18.9 Å². The summed E-state index contributed by atoms with van der Waals surface area (Å²) in [6.07, 6.45) is 2.30. The predicted octanol–water partition coefficient (Wildman–Crippen LogP) is 4.14. The van der Waals surface area contributed by atoms with E-state index in [1.165, 1.54) is 35.2 Å². The van der Waals surface area contributed by atoms with Crippen molar-refractivity contribution in [3.05, 3.63) is 59.5 Å². The van der Waals surface area contributed by atoms with E-state index in [0.717, 1.165) is 21.2 Å². The van der Waals surface area contributed by atoms with E-state index in [2.05, 4.69) is 9.97 Å². The van der Waals surface area contributed by atoms with Gasteiger partial charge in [-0.05, 0) is 23.8 Å². The number of aliphatic carboxylic acids is 1. The largest absolute Gasteiger partial charge is 0.481 e. The van der Waals surface area contributed by atoms with Gasteiger partial charge in [0.25, 0.3) is 0 Å². The Labute approximate surface area is 157 Å². The summed E-state index contributed by atoms with van der Waals surface area (Å²) in [4.78, 5) is 19.2. The van der Waals surface area contributed by atoms with Crippen LogP contribution in [-0.4, -0.2) is 33.4 Å². The minimum atomic E-state index is -0.856. The van der Waals surface area contributed by atoms with E-state index >= 15 is 0 Å². The summed E-state index contributed by atoms with van der Waals surface area (Å²) in [6, 6.07) is 9.88. The van der Waals surface area contributed by atoms with Crippen molar-refractivity contribution in [3.63, 3.8) is 0 Å². The second kappa shape index (κ2) is 8.77. The van der Waals surface area contributed by atoms with Crippen molar-refractivity contribution in [3.8, 4) is 17.0 Å². The fourth-order valence-electron chi connectivity index (χ4n) is 2.13. The van der Waals surface area contributed by atoms with Crippen LogP contribution in [0.15, 0.2) is 52.3 Å². The monoisotopic (exact) mass is 390 g/mol. The van der Waals surface area contributed by atoms with Crippen molar-refractivity contribution in [1.82, 2.24) is 9.97 Å². The number of carboxylic acids is 1. The van der Waals surface area contributed by atoms with Crippen molar-refractivity contribution in [2.24, 2.45) is 0 Å². The molecule has 2 aromatic heterocycles. The van der Waals surface area contributed by atoms with Gasteiger partial charge in [-0.25, -0.2) is 14.4 Å². The third kappa shape index (κ3) is 5.27. The number of carbonyl (C=O) groups is 1. The zero-order valence-corrected chi connectivity index (χ0v) is 15.2. The first kappa shape index (κ1) is 18.3. The molecule has 0 atom stereocenters. The van der Waals surface area contributed by atoms with Crippen LogP contribution in [0.1, 0.15) is 5.69 Å². The Balaban J connectivity index is 1.49. The van der Waals surface area contributed by atoms with Crippen LogP contribution in [0.2, 0.25) is 0 Å². The molecular weight excluding hydrogens is 375 g/mol. The summed E-state index contributed by atoms with van der Waals surface area (Å²) in [5.41, 5.74) is 2.64. The van der Waals surface area contributed by atoms with Crippen LogP contribution in [0.4, 0.5) is 4.39 Å². The van der Waals surface area contributed by atoms with Gasteiger partial charge in [0, 0.05) is 29.6 Å². The Hall–Kier alpha value is -2.45. The lowest BCUT2D eigenvalue weighted by molar-refractivity contribution is -0.133. The number of pyridine rings is 1. The maximum Gasteiger partial charge on any atom is 0.313 e. The zero-order chi connectivity index (χ0) is 18.4. The van der Waals surface area contributed by atoms with Crippen molar-refractivity contribution in [1.29, 1.82) is 0 Å². The average molecular weight is 390 g/mol. The van der Waals surface area contributed by atoms with Crippen molar-refractivity contribution >= 4 is 29.1 Å². The SMILES string of the molecule is O=C(O)CSc1nc(CCOc2ccc(-c3ccc(F)cc3)cn2)cs1. The van der Waals surface area contributed by atoms with E-state index in [1.54, 1.807) is 24.4 Å². The highest BCUT2D eigenvalue weighted by Crippen LogP contribution is 2.23. The van der Waals surface area contributed by atoms with Gasteiger partial charge in [-0.15, -0.1) is 11.3 Å². The maximum absolute atomic E-state index is 13.0. The number of hydrogen-bond acceptors (Lipinski definition) is 6. The van der Waals surface area contributed by atoms with Gasteiger partial charge in [0.1, 0.15) is 5.82 Å². The van der Waals surface area contributed by atoms with Gasteiger partial charge in [-0.1, -0.05) is 23.9 Å². The number of nitrogens with zero attached hydrogens (tertiary/aromatic N) is 2. The molecule has 1 N–H and O–H groups in total. The summed E-state index contributed by atoms with van der Waals surface area (Å²) in [7, 11) is 0. The highest BCUT2D eigenvalue weighted by molar-refractivity contribution is 8.01. The summed E-state index contributed by atoms with van der Waals surface area (Å²) in [6.45, 7) is 0.426. The molecule has 0 radical (unpaired) electrons. The first-order chi connectivity index (χ1) is 12.6. The number of ether oxygens (including phenoxy) is 1. The van der Waals surface area contributed by atoms with E-state index in [1.807, 2.05) is 11.4 Å². The lowest BCUT2D eigenvalue weighted by Crippen LogP contribution is -2.03. The molecule has 0 fully saturated rings. The molecule has 8 heteroatoms. The van der Waals surface area contributed by atoms with Gasteiger partial charge >= 0.3 is 5.97 Å². The summed E-state index contributed by atoms with van der Waals surface area (Å²) in [5, 5.41) is 10.6. The molecule has 1 aromatic carbocycles. The Kier molecular flexibility index (Phi) is 6.19. The molecule has 5 nitrogen and oxygen atoms in total. The molecule has 2 heterocycles. The molecule has 0 aliphatic rings. The fraction of sp³-hybridized carbons (Fsp3) is 0.167. The van der Waals surface area contributed by atoms with Crippen molar-refractivity contribution in [2.45, 2.75) is 10.8 Å². The van der Waals surface area contributed by atoms with Crippen LogP contribution in [0.3, 0.4) is 0 Å². The predicted molar refractivity (Wildman–Crippen MR) is 99.3 cm³/mol. The number of aromatic nitrogens is 2. The summed E-state index contributed by atoms with van der Waals surface area (Å²) >= 11 is 2.64. The molecule has 134 valence electrons. The summed E-state index contributed by atoms with van der Waals surface area (Å²) in [5.74, 6) is -0.613. The third-order valence-electron chi connectivity index (χ3n) is 3.37. The normalized spacial score (nSPS) is 10.7. The van der Waals surface area contributed by atoms with Crippen LogP contribution in [0.25, 0.3) is 11.1 Å². The van der Waals surface area contributed by atoms with E-state index in [4.69, 9.17) is 9.84 Å². The smallest absolute Gasteiger partial charge is 0.313 e. The van der Waals surface area contributed by atoms with Gasteiger partial charge in [-0.2, -0.15) is 0 Å². The number of halogens is 1. The topological polar surface area (TPSA) is 72.3 Å². The molecule has 0 bridgehead atoms. The third-order valence-corrected chi connectivity index (χ3v) is 5.43. The van der Waals surface area contributed by atoms with Crippen molar-refractivity contribution in [2.75, 3.05) is 12.4 Å². The second-order valence-electron chi connectivity index (χ2n) is 5.28. The van der Waals surface area contributed by atoms with Crippen LogP contribution in [0, 0.1) is 5.82 Å². The molecule has 0 unspecified atom stereocenters. The van der Waals surface area contributed by atoms with Gasteiger partial charge < -0.3 is 9.84 Å². The van der Waals surface area contributed by atoms with Crippen molar-refractivity contribution < 1.29 is 19.0 Å². The number of hydrogen-bond donors (Lipinski definition) is 1.